The Balaban J connectivity index is 1.66. The van der Waals surface area contributed by atoms with Crippen LogP contribution in [0.4, 0.5) is 5.69 Å². The largest absolute Gasteiger partial charge is 0.457 e. The molecule has 1 aliphatic rings. The van der Waals surface area contributed by atoms with Gasteiger partial charge in [0.2, 0.25) is 5.91 Å². The number of anilines is 1. The van der Waals surface area contributed by atoms with E-state index in [0.717, 1.165) is 16.8 Å². The number of fused-ring (bicyclic) bond motifs is 1. The molecule has 0 saturated carbocycles. The molecule has 0 bridgehead atoms. The summed E-state index contributed by atoms with van der Waals surface area (Å²) in [5.41, 5.74) is 2.84. The van der Waals surface area contributed by atoms with Crippen molar-refractivity contribution in [3.8, 4) is 0 Å². The molecule has 0 fully saturated rings. The van der Waals surface area contributed by atoms with Gasteiger partial charge in [-0.05, 0) is 42.7 Å². The molecular formula is C21H21NO4. The summed E-state index contributed by atoms with van der Waals surface area (Å²) in [4.78, 5) is 36.5. The average molecular weight is 351 g/mol. The van der Waals surface area contributed by atoms with E-state index in [1.807, 2.05) is 37.3 Å². The summed E-state index contributed by atoms with van der Waals surface area (Å²) < 4.78 is 5.26. The lowest BCUT2D eigenvalue weighted by Gasteiger charge is -2.14. The zero-order valence-corrected chi connectivity index (χ0v) is 14.8. The topological polar surface area (TPSA) is 72.5 Å². The molecule has 0 aliphatic carbocycles. The number of ether oxygens (including phenoxy) is 1. The molecule has 1 aliphatic heterocycles. The van der Waals surface area contributed by atoms with Crippen LogP contribution in [-0.2, 0) is 14.3 Å². The molecule has 2 aromatic rings. The van der Waals surface area contributed by atoms with Gasteiger partial charge in [-0.3, -0.25) is 14.4 Å². The normalized spacial score (nSPS) is 16.5. The molecule has 0 spiro atoms. The molecule has 2 atom stereocenters. The zero-order valence-electron chi connectivity index (χ0n) is 14.8. The lowest BCUT2D eigenvalue weighted by Crippen LogP contribution is -2.20. The molecule has 3 rings (SSSR count). The van der Waals surface area contributed by atoms with Gasteiger partial charge < -0.3 is 10.1 Å². The molecule has 0 aromatic heterocycles. The molecule has 1 heterocycles. The van der Waals surface area contributed by atoms with Crippen molar-refractivity contribution in [2.75, 3.05) is 11.9 Å². The molecule has 0 radical (unpaired) electrons. The van der Waals surface area contributed by atoms with Crippen molar-refractivity contribution in [1.82, 2.24) is 0 Å². The molecule has 0 unspecified atom stereocenters. The Morgan fingerprint density at radius 1 is 1.15 bits per heavy atom. The molecule has 5 nitrogen and oxygen atoms in total. The lowest BCUT2D eigenvalue weighted by atomic mass is 9.97. The second-order valence-corrected chi connectivity index (χ2v) is 6.42. The first-order valence-corrected chi connectivity index (χ1v) is 8.70. The van der Waals surface area contributed by atoms with Gasteiger partial charge in [0.05, 0.1) is 11.8 Å². The third-order valence-electron chi connectivity index (χ3n) is 4.73. The fraction of sp³-hybridized carbons (Fsp3) is 0.286. The predicted molar refractivity (Wildman–Crippen MR) is 98.3 cm³/mol. The number of benzene rings is 2. The first kappa shape index (κ1) is 17.9. The highest BCUT2D eigenvalue weighted by atomic mass is 16.5. The van der Waals surface area contributed by atoms with Gasteiger partial charge in [0.15, 0.2) is 12.4 Å². The minimum absolute atomic E-state index is 0.0790. The van der Waals surface area contributed by atoms with E-state index in [9.17, 15) is 14.4 Å². The fourth-order valence-electron chi connectivity index (χ4n) is 3.13. The van der Waals surface area contributed by atoms with E-state index in [0.29, 0.717) is 12.0 Å². The monoisotopic (exact) mass is 351 g/mol. The number of carbonyl (C=O) groups is 3. The van der Waals surface area contributed by atoms with Gasteiger partial charge in [0.1, 0.15) is 0 Å². The Bertz CT molecular complexity index is 844. The number of hydrogen-bond donors (Lipinski definition) is 1. The van der Waals surface area contributed by atoms with Crippen molar-refractivity contribution in [1.29, 1.82) is 0 Å². The Morgan fingerprint density at radius 3 is 2.58 bits per heavy atom. The van der Waals surface area contributed by atoms with Gasteiger partial charge in [-0.1, -0.05) is 37.3 Å². The molecule has 26 heavy (non-hydrogen) atoms. The smallest absolute Gasteiger partial charge is 0.313 e. The van der Waals surface area contributed by atoms with Crippen molar-refractivity contribution in [3.63, 3.8) is 0 Å². The minimum Gasteiger partial charge on any atom is -0.457 e. The highest BCUT2D eigenvalue weighted by Crippen LogP contribution is 2.32. The Labute approximate surface area is 152 Å². The number of amides is 1. The van der Waals surface area contributed by atoms with E-state index in [-0.39, 0.29) is 30.1 Å². The van der Waals surface area contributed by atoms with Crippen molar-refractivity contribution in [2.24, 2.45) is 0 Å². The van der Waals surface area contributed by atoms with Crippen molar-refractivity contribution in [2.45, 2.75) is 32.1 Å². The Hall–Kier alpha value is -2.95. The number of nitrogens with one attached hydrogen (secondary N) is 1. The van der Waals surface area contributed by atoms with Crippen LogP contribution in [0.2, 0.25) is 0 Å². The van der Waals surface area contributed by atoms with Crippen molar-refractivity contribution >= 4 is 23.3 Å². The highest BCUT2D eigenvalue weighted by molar-refractivity contribution is 6.05. The zero-order chi connectivity index (χ0) is 18.7. The summed E-state index contributed by atoms with van der Waals surface area (Å²) in [7, 11) is 0. The Kier molecular flexibility index (Phi) is 5.16. The van der Waals surface area contributed by atoms with Crippen LogP contribution in [0.1, 0.15) is 53.6 Å². The summed E-state index contributed by atoms with van der Waals surface area (Å²) in [6.45, 7) is 3.39. The number of carbonyl (C=O) groups excluding carboxylic acids is 3. The molecule has 0 saturated heterocycles. The first-order chi connectivity index (χ1) is 12.5. The maximum absolute atomic E-state index is 12.4. The van der Waals surface area contributed by atoms with Gasteiger partial charge in [0.25, 0.3) is 0 Å². The number of rotatable bonds is 6. The molecule has 134 valence electrons. The second kappa shape index (κ2) is 7.52. The van der Waals surface area contributed by atoms with Gasteiger partial charge in [-0.2, -0.15) is 0 Å². The van der Waals surface area contributed by atoms with Crippen LogP contribution in [0.25, 0.3) is 0 Å². The van der Waals surface area contributed by atoms with Crippen molar-refractivity contribution in [3.05, 3.63) is 65.2 Å². The van der Waals surface area contributed by atoms with Gasteiger partial charge in [0, 0.05) is 11.3 Å². The summed E-state index contributed by atoms with van der Waals surface area (Å²) in [6, 6.07) is 14.4. The molecule has 2 aromatic carbocycles. The van der Waals surface area contributed by atoms with Gasteiger partial charge in [-0.15, -0.1) is 0 Å². The van der Waals surface area contributed by atoms with Gasteiger partial charge in [-0.25, -0.2) is 0 Å². The number of hydrogen-bond acceptors (Lipinski definition) is 4. The van der Waals surface area contributed by atoms with Crippen LogP contribution in [-0.4, -0.2) is 24.3 Å². The van der Waals surface area contributed by atoms with E-state index in [1.165, 1.54) is 0 Å². The van der Waals surface area contributed by atoms with E-state index in [2.05, 4.69) is 5.32 Å². The van der Waals surface area contributed by atoms with E-state index >= 15 is 0 Å². The summed E-state index contributed by atoms with van der Waals surface area (Å²) >= 11 is 0. The van der Waals surface area contributed by atoms with Crippen LogP contribution < -0.4 is 5.32 Å². The number of esters is 1. The standard InChI is InChI=1S/C21H21NO4/c1-3-16(14-7-5-4-6-8-14)21(25)26-12-19(23)15-9-10-18-17(11-15)13(2)20(24)22-18/h4-11,13,16H,3,12H2,1-2H3,(H,22,24)/t13-,16-/m0/s1. The van der Waals surface area contributed by atoms with E-state index in [1.54, 1.807) is 25.1 Å². The minimum atomic E-state index is -0.404. The fourth-order valence-corrected chi connectivity index (χ4v) is 3.13. The quantitative estimate of drug-likeness (QED) is 0.637. The summed E-state index contributed by atoms with van der Waals surface area (Å²) in [5, 5.41) is 2.77. The van der Waals surface area contributed by atoms with E-state index in [4.69, 9.17) is 4.74 Å². The SMILES string of the molecule is CC[C@H](C(=O)OCC(=O)c1ccc2c(c1)[C@H](C)C(=O)N2)c1ccccc1. The maximum atomic E-state index is 12.4. The predicted octanol–water partition coefficient (Wildman–Crippen LogP) is 3.66. The Morgan fingerprint density at radius 2 is 1.88 bits per heavy atom. The number of ketones is 1. The van der Waals surface area contributed by atoms with Crippen LogP contribution in [0.5, 0.6) is 0 Å². The van der Waals surface area contributed by atoms with Gasteiger partial charge >= 0.3 is 5.97 Å². The van der Waals surface area contributed by atoms with Crippen LogP contribution in [0.3, 0.4) is 0 Å². The van der Waals surface area contributed by atoms with Crippen LogP contribution in [0, 0.1) is 0 Å². The second-order valence-electron chi connectivity index (χ2n) is 6.42. The third-order valence-corrected chi connectivity index (χ3v) is 4.73. The maximum Gasteiger partial charge on any atom is 0.313 e. The first-order valence-electron chi connectivity index (χ1n) is 8.70. The lowest BCUT2D eigenvalue weighted by molar-refractivity contribution is -0.144. The average Bonchev–Trinajstić information content (AvgIpc) is 2.95. The molecule has 1 amide bonds. The van der Waals surface area contributed by atoms with Crippen LogP contribution >= 0.6 is 0 Å². The molecular weight excluding hydrogens is 330 g/mol. The summed E-state index contributed by atoms with van der Waals surface area (Å²) in [5.74, 6) is -1.44. The number of Topliss-reactive ketones (excluding diaryl/α,β-unsaturated/α-hetero) is 1. The van der Waals surface area contributed by atoms with Crippen molar-refractivity contribution < 1.29 is 19.1 Å². The summed E-state index contributed by atoms with van der Waals surface area (Å²) in [6.07, 6.45) is 0.598. The molecule has 5 heteroatoms. The third kappa shape index (κ3) is 3.52. The molecule has 1 N–H and O–H groups in total. The highest BCUT2D eigenvalue weighted by Gasteiger charge is 2.27. The van der Waals surface area contributed by atoms with E-state index < -0.39 is 5.97 Å². The van der Waals surface area contributed by atoms with Crippen LogP contribution in [0.15, 0.2) is 48.5 Å².